The molecular weight excluding hydrogens is 387 g/mol. The summed E-state index contributed by atoms with van der Waals surface area (Å²) in [4.78, 5) is 4.42. The summed E-state index contributed by atoms with van der Waals surface area (Å²) < 4.78 is 26.6. The molecule has 0 saturated carbocycles. The van der Waals surface area contributed by atoms with Crippen molar-refractivity contribution in [2.75, 3.05) is 32.2 Å². The van der Waals surface area contributed by atoms with Gasteiger partial charge >= 0.3 is 6.01 Å². The molecule has 0 bridgehead atoms. The molecule has 30 heavy (non-hydrogen) atoms. The van der Waals surface area contributed by atoms with E-state index in [4.69, 9.17) is 9.47 Å². The van der Waals surface area contributed by atoms with Crippen LogP contribution in [0.3, 0.4) is 0 Å². The molecule has 0 fully saturated rings. The first-order valence-corrected chi connectivity index (χ1v) is 9.84. The average Bonchev–Trinajstić information content (AvgIpc) is 3.16. The van der Waals surface area contributed by atoms with Gasteiger partial charge in [0.25, 0.3) is 0 Å². The summed E-state index contributed by atoms with van der Waals surface area (Å²) in [6.45, 7) is 5.15. The molecule has 0 aliphatic rings. The van der Waals surface area contributed by atoms with Crippen molar-refractivity contribution in [1.29, 1.82) is 0 Å². The number of aromatic nitrogens is 3. The topological polar surface area (TPSA) is 81.4 Å². The van der Waals surface area contributed by atoms with Crippen LogP contribution in [0.2, 0.25) is 0 Å². The molecule has 160 valence electrons. The SMILES string of the molecule is COCC(O)CNc1ccc(-n2nc(OCC(C)C)nc2-c2ccccc2F)cc1. The van der Waals surface area contributed by atoms with Crippen LogP contribution in [0.4, 0.5) is 10.1 Å². The maximum absolute atomic E-state index is 14.4. The van der Waals surface area contributed by atoms with E-state index < -0.39 is 6.10 Å². The van der Waals surface area contributed by atoms with Crippen LogP contribution >= 0.6 is 0 Å². The quantitative estimate of drug-likeness (QED) is 0.528. The number of methoxy groups -OCH3 is 1. The fourth-order valence-electron chi connectivity index (χ4n) is 2.80. The molecule has 3 aromatic rings. The Kier molecular flexibility index (Phi) is 7.37. The lowest BCUT2D eigenvalue weighted by Gasteiger charge is -2.12. The molecule has 8 heteroatoms. The monoisotopic (exact) mass is 414 g/mol. The van der Waals surface area contributed by atoms with Crippen LogP contribution in [-0.4, -0.2) is 52.8 Å². The Hall–Kier alpha value is -2.97. The zero-order valence-electron chi connectivity index (χ0n) is 17.4. The minimum Gasteiger partial charge on any atom is -0.462 e. The summed E-state index contributed by atoms with van der Waals surface area (Å²) >= 11 is 0. The molecule has 0 spiro atoms. The second kappa shape index (κ2) is 10.2. The molecule has 2 N–H and O–H groups in total. The van der Waals surface area contributed by atoms with Gasteiger partial charge in [-0.3, -0.25) is 0 Å². The number of benzene rings is 2. The fraction of sp³-hybridized carbons (Fsp3) is 0.364. The van der Waals surface area contributed by atoms with Crippen molar-refractivity contribution in [2.45, 2.75) is 20.0 Å². The predicted molar refractivity (Wildman–Crippen MR) is 113 cm³/mol. The zero-order chi connectivity index (χ0) is 21.5. The molecule has 1 atom stereocenters. The molecule has 2 aromatic carbocycles. The van der Waals surface area contributed by atoms with E-state index in [1.807, 2.05) is 38.1 Å². The van der Waals surface area contributed by atoms with E-state index in [0.29, 0.717) is 36.1 Å². The standard InChI is InChI=1S/C22H27FN4O3/c1-15(2)13-30-22-25-21(19-6-4-5-7-20(19)23)27(26-22)17-10-8-16(9-11-17)24-12-18(28)14-29-3/h4-11,15,18,24,28H,12-14H2,1-3H3. The third kappa shape index (κ3) is 5.55. The maximum atomic E-state index is 14.4. The van der Waals surface area contributed by atoms with Gasteiger partial charge in [0, 0.05) is 19.3 Å². The first-order chi connectivity index (χ1) is 14.5. The number of hydrogen-bond acceptors (Lipinski definition) is 6. The summed E-state index contributed by atoms with van der Waals surface area (Å²) in [7, 11) is 1.54. The van der Waals surface area contributed by atoms with Crippen LogP contribution in [0.1, 0.15) is 13.8 Å². The summed E-state index contributed by atoms with van der Waals surface area (Å²) in [5, 5.41) is 17.3. The number of halogens is 1. The lowest BCUT2D eigenvalue weighted by atomic mass is 10.2. The Balaban J connectivity index is 1.87. The van der Waals surface area contributed by atoms with Gasteiger partial charge in [-0.1, -0.05) is 26.0 Å². The van der Waals surface area contributed by atoms with Crippen molar-refractivity contribution in [3.63, 3.8) is 0 Å². The summed E-state index contributed by atoms with van der Waals surface area (Å²) in [6.07, 6.45) is -0.599. The minimum atomic E-state index is -0.599. The van der Waals surface area contributed by atoms with Gasteiger partial charge in [0.2, 0.25) is 0 Å². The highest BCUT2D eigenvalue weighted by Crippen LogP contribution is 2.26. The van der Waals surface area contributed by atoms with E-state index in [-0.39, 0.29) is 18.4 Å². The third-order valence-electron chi connectivity index (χ3n) is 4.26. The Labute approximate surface area is 175 Å². The lowest BCUT2D eigenvalue weighted by Crippen LogP contribution is -2.24. The van der Waals surface area contributed by atoms with Crippen molar-refractivity contribution in [3.05, 3.63) is 54.3 Å². The van der Waals surface area contributed by atoms with Gasteiger partial charge in [-0.15, -0.1) is 5.10 Å². The van der Waals surface area contributed by atoms with Crippen molar-refractivity contribution in [2.24, 2.45) is 5.92 Å². The third-order valence-corrected chi connectivity index (χ3v) is 4.26. The average molecular weight is 414 g/mol. The normalized spacial score (nSPS) is 12.2. The molecule has 0 radical (unpaired) electrons. The highest BCUT2D eigenvalue weighted by Gasteiger charge is 2.18. The highest BCUT2D eigenvalue weighted by atomic mass is 19.1. The van der Waals surface area contributed by atoms with Gasteiger partial charge in [0.15, 0.2) is 5.82 Å². The Morgan fingerprint density at radius 2 is 1.83 bits per heavy atom. The number of aliphatic hydroxyl groups is 1. The molecular formula is C22H27FN4O3. The lowest BCUT2D eigenvalue weighted by molar-refractivity contribution is 0.0727. The van der Waals surface area contributed by atoms with Crippen LogP contribution in [0.15, 0.2) is 48.5 Å². The van der Waals surface area contributed by atoms with Gasteiger partial charge in [0.1, 0.15) is 5.82 Å². The number of ether oxygens (including phenoxy) is 2. The van der Waals surface area contributed by atoms with E-state index in [1.54, 1.807) is 30.0 Å². The van der Waals surface area contributed by atoms with E-state index >= 15 is 0 Å². The summed E-state index contributed by atoms with van der Waals surface area (Å²) in [6, 6.07) is 14.0. The van der Waals surface area contributed by atoms with E-state index in [9.17, 15) is 9.50 Å². The zero-order valence-corrected chi connectivity index (χ0v) is 17.4. The van der Waals surface area contributed by atoms with Gasteiger partial charge in [-0.25, -0.2) is 9.07 Å². The van der Waals surface area contributed by atoms with Gasteiger partial charge in [-0.2, -0.15) is 4.98 Å². The Morgan fingerprint density at radius 1 is 1.10 bits per heavy atom. The smallest absolute Gasteiger partial charge is 0.336 e. The van der Waals surface area contributed by atoms with Crippen molar-refractivity contribution in [1.82, 2.24) is 14.8 Å². The van der Waals surface area contributed by atoms with Crippen LogP contribution in [0, 0.1) is 11.7 Å². The first kappa shape index (κ1) is 21.7. The second-order valence-electron chi connectivity index (χ2n) is 7.35. The number of rotatable bonds is 10. The van der Waals surface area contributed by atoms with E-state index in [1.165, 1.54) is 6.07 Å². The summed E-state index contributed by atoms with van der Waals surface area (Å²) in [5.74, 6) is 0.294. The Bertz CT molecular complexity index is 944. The number of aliphatic hydroxyl groups excluding tert-OH is 1. The van der Waals surface area contributed by atoms with E-state index in [0.717, 1.165) is 5.69 Å². The van der Waals surface area contributed by atoms with E-state index in [2.05, 4.69) is 15.4 Å². The van der Waals surface area contributed by atoms with Gasteiger partial charge in [-0.05, 0) is 42.3 Å². The first-order valence-electron chi connectivity index (χ1n) is 9.84. The number of nitrogens with zero attached hydrogens (tertiary/aromatic N) is 3. The largest absolute Gasteiger partial charge is 0.462 e. The molecule has 7 nitrogen and oxygen atoms in total. The molecule has 1 aromatic heterocycles. The Morgan fingerprint density at radius 3 is 2.50 bits per heavy atom. The number of anilines is 1. The highest BCUT2D eigenvalue weighted by molar-refractivity contribution is 5.60. The van der Waals surface area contributed by atoms with Crippen molar-refractivity contribution in [3.8, 4) is 23.1 Å². The molecule has 0 aliphatic heterocycles. The number of nitrogens with one attached hydrogen (secondary N) is 1. The van der Waals surface area contributed by atoms with Gasteiger partial charge in [0.05, 0.1) is 30.6 Å². The van der Waals surface area contributed by atoms with Crippen LogP contribution in [0.5, 0.6) is 6.01 Å². The van der Waals surface area contributed by atoms with Crippen LogP contribution in [-0.2, 0) is 4.74 Å². The maximum Gasteiger partial charge on any atom is 0.336 e. The molecule has 0 saturated heterocycles. The minimum absolute atomic E-state index is 0.201. The van der Waals surface area contributed by atoms with Crippen molar-refractivity contribution < 1.29 is 19.0 Å². The van der Waals surface area contributed by atoms with Gasteiger partial charge < -0.3 is 19.9 Å². The molecule has 1 unspecified atom stereocenters. The molecule has 1 heterocycles. The molecule has 0 aliphatic carbocycles. The second-order valence-corrected chi connectivity index (χ2v) is 7.35. The summed E-state index contributed by atoms with van der Waals surface area (Å²) in [5.41, 5.74) is 1.88. The predicted octanol–water partition coefficient (Wildman–Crippen LogP) is 3.53. The molecule has 3 rings (SSSR count). The number of hydrogen-bond donors (Lipinski definition) is 2. The van der Waals surface area contributed by atoms with Crippen LogP contribution in [0.25, 0.3) is 17.1 Å². The fourth-order valence-corrected chi connectivity index (χ4v) is 2.80. The molecule has 0 amide bonds. The van der Waals surface area contributed by atoms with Crippen LogP contribution < -0.4 is 10.1 Å². The van der Waals surface area contributed by atoms with Crippen molar-refractivity contribution >= 4 is 5.69 Å².